The van der Waals surface area contributed by atoms with Gasteiger partial charge in [0.1, 0.15) is 23.2 Å². The van der Waals surface area contributed by atoms with Gasteiger partial charge in [0.15, 0.2) is 0 Å². The van der Waals surface area contributed by atoms with E-state index in [2.05, 4.69) is 0 Å². The minimum atomic E-state index is -4.54. The highest BCUT2D eigenvalue weighted by molar-refractivity contribution is 6.33. The molecule has 2 rings (SSSR count). The fraction of sp³-hybridized carbons (Fsp3) is 0.176. The summed E-state index contributed by atoms with van der Waals surface area (Å²) in [6.07, 6.45) is -4.35. The van der Waals surface area contributed by atoms with Gasteiger partial charge in [-0.25, -0.2) is 4.79 Å². The molecule has 25 heavy (non-hydrogen) atoms. The lowest BCUT2D eigenvalue weighted by Gasteiger charge is -2.09. The molecule has 0 aliphatic rings. The van der Waals surface area contributed by atoms with Crippen LogP contribution in [0, 0.1) is 11.3 Å². The smallest absolute Gasteiger partial charge is 0.416 e. The van der Waals surface area contributed by atoms with E-state index < -0.39 is 23.3 Å². The van der Waals surface area contributed by atoms with Crippen LogP contribution < -0.4 is 0 Å². The second-order valence-corrected chi connectivity index (χ2v) is 5.39. The summed E-state index contributed by atoms with van der Waals surface area (Å²) in [6.45, 7) is 1.63. The van der Waals surface area contributed by atoms with Gasteiger partial charge in [-0.1, -0.05) is 18.5 Å². The summed E-state index contributed by atoms with van der Waals surface area (Å²) >= 11 is 5.96. The molecule has 0 radical (unpaired) electrons. The fourth-order valence-corrected chi connectivity index (χ4v) is 2.46. The van der Waals surface area contributed by atoms with E-state index in [-0.39, 0.29) is 34.1 Å². The van der Waals surface area contributed by atoms with Crippen LogP contribution in [0.25, 0.3) is 16.9 Å². The Kier molecular flexibility index (Phi) is 5.24. The summed E-state index contributed by atoms with van der Waals surface area (Å²) in [4.78, 5) is 11.1. The van der Waals surface area contributed by atoms with Crippen molar-refractivity contribution in [2.75, 3.05) is 0 Å². The number of carboxylic acids is 1. The molecular formula is C17H11ClF3NO3. The van der Waals surface area contributed by atoms with Gasteiger partial charge < -0.3 is 9.52 Å². The lowest BCUT2D eigenvalue weighted by atomic mass is 10.0. The minimum absolute atomic E-state index is 0.0204. The number of aliphatic carboxylic acids is 1. The molecule has 0 aliphatic heterocycles. The highest BCUT2D eigenvalue weighted by Crippen LogP contribution is 2.37. The molecule has 130 valence electrons. The molecule has 4 nitrogen and oxygen atoms in total. The van der Waals surface area contributed by atoms with Gasteiger partial charge in [-0.3, -0.25) is 0 Å². The second-order valence-electron chi connectivity index (χ2n) is 4.98. The predicted molar refractivity (Wildman–Crippen MR) is 84.6 cm³/mol. The first-order chi connectivity index (χ1) is 11.7. The van der Waals surface area contributed by atoms with E-state index in [4.69, 9.17) is 26.4 Å². The van der Waals surface area contributed by atoms with Crippen molar-refractivity contribution in [2.24, 2.45) is 0 Å². The summed E-state index contributed by atoms with van der Waals surface area (Å²) < 4.78 is 44.1. The molecule has 0 amide bonds. The minimum Gasteiger partial charge on any atom is -0.477 e. The number of carboxylic acid groups (broad SMARTS) is 1. The predicted octanol–water partition coefficient (Wildman–Crippen LogP) is 5.39. The molecule has 0 fully saturated rings. The number of nitriles is 1. The zero-order chi connectivity index (χ0) is 18.8. The lowest BCUT2D eigenvalue weighted by Crippen LogP contribution is -2.04. The summed E-state index contributed by atoms with van der Waals surface area (Å²) in [5.41, 5.74) is -1.21. The van der Waals surface area contributed by atoms with Crippen molar-refractivity contribution in [3.8, 4) is 17.4 Å². The normalized spacial score (nSPS) is 12.5. The maximum Gasteiger partial charge on any atom is 0.416 e. The van der Waals surface area contributed by atoms with Gasteiger partial charge >= 0.3 is 12.1 Å². The van der Waals surface area contributed by atoms with E-state index in [1.807, 2.05) is 0 Å². The van der Waals surface area contributed by atoms with Crippen LogP contribution in [0.1, 0.15) is 24.7 Å². The molecule has 0 spiro atoms. The van der Waals surface area contributed by atoms with Crippen LogP contribution >= 0.6 is 11.6 Å². The average molecular weight is 370 g/mol. The van der Waals surface area contributed by atoms with E-state index in [0.29, 0.717) is 0 Å². The van der Waals surface area contributed by atoms with Gasteiger partial charge in [0.05, 0.1) is 10.6 Å². The molecule has 0 unspecified atom stereocenters. The maximum absolute atomic E-state index is 12.9. The summed E-state index contributed by atoms with van der Waals surface area (Å²) in [6, 6.07) is 7.17. The molecule has 1 aromatic heterocycles. The molecule has 1 heterocycles. The van der Waals surface area contributed by atoms with Crippen LogP contribution in [-0.2, 0) is 11.0 Å². The van der Waals surface area contributed by atoms with Crippen molar-refractivity contribution in [1.29, 1.82) is 5.26 Å². The van der Waals surface area contributed by atoms with Gasteiger partial charge in [0.25, 0.3) is 0 Å². The fourth-order valence-electron chi connectivity index (χ4n) is 2.25. The zero-order valence-corrected chi connectivity index (χ0v) is 13.6. The van der Waals surface area contributed by atoms with Gasteiger partial charge in [0, 0.05) is 11.1 Å². The van der Waals surface area contributed by atoms with E-state index in [0.717, 1.165) is 18.2 Å². The SMILES string of the molecule is CCC(=C(C#N)C(=O)O)c1ccc(-c2cc(C(F)(F)F)ccc2Cl)o1. The number of nitrogens with zero attached hydrogens (tertiary/aromatic N) is 1. The third-order valence-electron chi connectivity index (χ3n) is 3.44. The van der Waals surface area contributed by atoms with Crippen molar-refractivity contribution in [1.82, 2.24) is 0 Å². The van der Waals surface area contributed by atoms with E-state index in [1.165, 1.54) is 12.1 Å². The monoisotopic (exact) mass is 369 g/mol. The second kappa shape index (κ2) is 7.03. The third kappa shape index (κ3) is 3.86. The van der Waals surface area contributed by atoms with Crippen molar-refractivity contribution < 1.29 is 27.5 Å². The first-order valence-electron chi connectivity index (χ1n) is 7.02. The largest absolute Gasteiger partial charge is 0.477 e. The number of halogens is 4. The number of carbonyl (C=O) groups is 1. The van der Waals surface area contributed by atoms with Crippen LogP contribution in [0.2, 0.25) is 5.02 Å². The van der Waals surface area contributed by atoms with Crippen molar-refractivity contribution in [2.45, 2.75) is 19.5 Å². The van der Waals surface area contributed by atoms with Crippen LogP contribution in [0.3, 0.4) is 0 Å². The Morgan fingerprint density at radius 3 is 2.52 bits per heavy atom. The lowest BCUT2D eigenvalue weighted by molar-refractivity contribution is -0.137. The Hall–Kier alpha value is -2.72. The van der Waals surface area contributed by atoms with Gasteiger partial charge in [-0.05, 0) is 36.8 Å². The quantitative estimate of drug-likeness (QED) is 0.579. The van der Waals surface area contributed by atoms with E-state index in [9.17, 15) is 18.0 Å². The van der Waals surface area contributed by atoms with Crippen LogP contribution in [0.4, 0.5) is 13.2 Å². The average Bonchev–Trinajstić information content (AvgIpc) is 3.00. The molecular weight excluding hydrogens is 359 g/mol. The highest BCUT2D eigenvalue weighted by Gasteiger charge is 2.31. The Labute approximate surface area is 145 Å². The number of hydrogen-bond donors (Lipinski definition) is 1. The van der Waals surface area contributed by atoms with Crippen LogP contribution in [0.5, 0.6) is 0 Å². The first kappa shape index (κ1) is 18.6. The molecule has 0 saturated carbocycles. The standard InChI is InChI=1S/C17H11ClF3NO3/c1-2-10(12(8-22)16(23)24)14-5-6-15(25-14)11-7-9(17(19,20)21)3-4-13(11)18/h3-7H,2H2,1H3,(H,23,24). The Morgan fingerprint density at radius 2 is 2.00 bits per heavy atom. The highest BCUT2D eigenvalue weighted by atomic mass is 35.5. The molecule has 1 aromatic carbocycles. The van der Waals surface area contributed by atoms with Crippen molar-refractivity contribution >= 4 is 23.1 Å². The summed E-state index contributed by atoms with van der Waals surface area (Å²) in [7, 11) is 0. The Balaban J connectivity index is 2.56. The van der Waals surface area contributed by atoms with Gasteiger partial charge in [-0.2, -0.15) is 18.4 Å². The number of alkyl halides is 3. The topological polar surface area (TPSA) is 74.2 Å². The number of benzene rings is 1. The Bertz CT molecular complexity index is 891. The molecule has 0 bridgehead atoms. The van der Waals surface area contributed by atoms with Crippen molar-refractivity contribution in [3.05, 3.63) is 52.3 Å². The molecule has 0 aliphatic carbocycles. The molecule has 0 saturated heterocycles. The van der Waals surface area contributed by atoms with E-state index >= 15 is 0 Å². The molecule has 1 N–H and O–H groups in total. The summed E-state index contributed by atoms with van der Waals surface area (Å²) in [5.74, 6) is -1.28. The van der Waals surface area contributed by atoms with Gasteiger partial charge in [-0.15, -0.1) is 0 Å². The van der Waals surface area contributed by atoms with Gasteiger partial charge in [0.2, 0.25) is 0 Å². The van der Waals surface area contributed by atoms with Crippen molar-refractivity contribution in [3.63, 3.8) is 0 Å². The third-order valence-corrected chi connectivity index (χ3v) is 3.77. The maximum atomic E-state index is 12.9. The number of furan rings is 1. The number of hydrogen-bond acceptors (Lipinski definition) is 3. The van der Waals surface area contributed by atoms with Crippen LogP contribution in [-0.4, -0.2) is 11.1 Å². The van der Waals surface area contributed by atoms with Crippen LogP contribution in [0.15, 0.2) is 40.3 Å². The first-order valence-corrected chi connectivity index (χ1v) is 7.40. The molecule has 8 heteroatoms. The Morgan fingerprint density at radius 1 is 1.32 bits per heavy atom. The molecule has 2 aromatic rings. The number of allylic oxidation sites excluding steroid dienone is 1. The molecule has 0 atom stereocenters. The van der Waals surface area contributed by atoms with E-state index in [1.54, 1.807) is 13.0 Å². The summed E-state index contributed by atoms with van der Waals surface area (Å²) in [5, 5.41) is 18.1. The number of rotatable bonds is 4. The zero-order valence-electron chi connectivity index (χ0n) is 12.8.